The zero-order valence-corrected chi connectivity index (χ0v) is 9.01. The van der Waals surface area contributed by atoms with Crippen LogP contribution in [0, 0.1) is 5.21 Å². The van der Waals surface area contributed by atoms with E-state index in [9.17, 15) is 5.21 Å². The van der Waals surface area contributed by atoms with E-state index in [0.29, 0.717) is 4.90 Å². The van der Waals surface area contributed by atoms with Crippen molar-refractivity contribution in [1.29, 1.82) is 0 Å². The average molecular weight is 205 g/mol. The van der Waals surface area contributed by atoms with Crippen LogP contribution < -0.4 is 0 Å². The molecule has 0 N–H and O–H groups in total. The lowest BCUT2D eigenvalue weighted by Crippen LogP contribution is -2.36. The van der Waals surface area contributed by atoms with Crippen LogP contribution in [-0.4, -0.2) is 16.7 Å². The van der Waals surface area contributed by atoms with Crippen molar-refractivity contribution in [1.82, 2.24) is 0 Å². The van der Waals surface area contributed by atoms with Crippen LogP contribution in [0.15, 0.2) is 30.3 Å². The molecule has 15 heavy (non-hydrogen) atoms. The Morgan fingerprint density at radius 3 is 2.60 bits per heavy atom. The van der Waals surface area contributed by atoms with Crippen LogP contribution >= 0.6 is 0 Å². The molecule has 0 spiro atoms. The van der Waals surface area contributed by atoms with Gasteiger partial charge in [0.1, 0.15) is 0 Å². The third kappa shape index (κ3) is 2.29. The molecule has 0 fully saturated rings. The molecule has 3 nitrogen and oxygen atoms in total. The van der Waals surface area contributed by atoms with Gasteiger partial charge in [-0.1, -0.05) is 30.3 Å². The summed E-state index contributed by atoms with van der Waals surface area (Å²) in [6.07, 6.45) is 2.41. The Balaban J connectivity index is 2.28. The van der Waals surface area contributed by atoms with Crippen molar-refractivity contribution in [2.75, 3.05) is 0 Å². The van der Waals surface area contributed by atoms with Gasteiger partial charge in [-0.05, 0) is 25.8 Å². The Morgan fingerprint density at radius 1 is 1.33 bits per heavy atom. The van der Waals surface area contributed by atoms with Crippen molar-refractivity contribution in [3.05, 3.63) is 41.1 Å². The highest BCUT2D eigenvalue weighted by molar-refractivity contribution is 5.63. The predicted molar refractivity (Wildman–Crippen MR) is 58.7 cm³/mol. The van der Waals surface area contributed by atoms with E-state index in [1.807, 2.05) is 44.2 Å². The zero-order chi connectivity index (χ0) is 10.9. The second-order valence-corrected chi connectivity index (χ2v) is 4.51. The van der Waals surface area contributed by atoms with E-state index in [2.05, 4.69) is 0 Å². The Bertz CT molecular complexity index is 370. The van der Waals surface area contributed by atoms with Gasteiger partial charge in [0.05, 0.1) is 11.5 Å². The molecule has 1 aliphatic rings. The molecule has 2 rings (SSSR count). The maximum absolute atomic E-state index is 11.3. The molecular formula is C12H15NO2. The average Bonchev–Trinajstić information content (AvgIpc) is 2.16. The van der Waals surface area contributed by atoms with E-state index in [0.717, 1.165) is 12.0 Å². The fourth-order valence-electron chi connectivity index (χ4n) is 1.94. The highest BCUT2D eigenvalue weighted by Crippen LogP contribution is 2.30. The fourth-order valence-corrected chi connectivity index (χ4v) is 1.94. The van der Waals surface area contributed by atoms with Crippen molar-refractivity contribution < 1.29 is 9.74 Å². The van der Waals surface area contributed by atoms with Gasteiger partial charge in [0.2, 0.25) is 6.21 Å². The van der Waals surface area contributed by atoms with E-state index in [4.69, 9.17) is 4.84 Å². The lowest BCUT2D eigenvalue weighted by molar-refractivity contribution is -0.766. The lowest BCUT2D eigenvalue weighted by atomic mass is 9.88. The van der Waals surface area contributed by atoms with Crippen LogP contribution in [0.1, 0.15) is 31.7 Å². The summed E-state index contributed by atoms with van der Waals surface area (Å²) in [7, 11) is 0. The second-order valence-electron chi connectivity index (χ2n) is 4.51. The van der Waals surface area contributed by atoms with E-state index in [1.165, 1.54) is 0 Å². The standard InChI is InChI=1S/C12H15NO2/c1-12(2)8-11(9-13(14)15-12)10-6-4-3-5-7-10/h3-7,9,11H,8H2,1-2H3. The Kier molecular flexibility index (Phi) is 2.39. The summed E-state index contributed by atoms with van der Waals surface area (Å²) in [4.78, 5) is 5.73. The van der Waals surface area contributed by atoms with Crippen molar-refractivity contribution in [3.63, 3.8) is 0 Å². The van der Waals surface area contributed by atoms with Crippen molar-refractivity contribution in [3.8, 4) is 0 Å². The summed E-state index contributed by atoms with van der Waals surface area (Å²) < 4.78 is 0. The number of hydrogen-bond acceptors (Lipinski definition) is 2. The smallest absolute Gasteiger partial charge is 0.217 e. The van der Waals surface area contributed by atoms with Gasteiger partial charge in [-0.2, -0.15) is 0 Å². The Hall–Kier alpha value is -1.51. The summed E-state index contributed by atoms with van der Waals surface area (Å²) in [5.74, 6) is 0.146. The molecule has 1 unspecified atom stereocenters. The van der Waals surface area contributed by atoms with Crippen LogP contribution in [0.25, 0.3) is 0 Å². The van der Waals surface area contributed by atoms with Gasteiger partial charge < -0.3 is 4.84 Å². The van der Waals surface area contributed by atoms with E-state index in [1.54, 1.807) is 6.21 Å². The molecule has 1 aromatic rings. The first-order valence-electron chi connectivity index (χ1n) is 5.12. The predicted octanol–water partition coefficient (Wildman–Crippen LogP) is 2.47. The van der Waals surface area contributed by atoms with E-state index >= 15 is 0 Å². The highest BCUT2D eigenvalue weighted by atomic mass is 16.9. The van der Waals surface area contributed by atoms with Gasteiger partial charge in [0.25, 0.3) is 0 Å². The Labute approximate surface area is 89.5 Å². The number of nitrogens with zero attached hydrogens (tertiary/aromatic N) is 1. The van der Waals surface area contributed by atoms with Gasteiger partial charge in [0, 0.05) is 4.90 Å². The molecule has 0 bridgehead atoms. The Morgan fingerprint density at radius 2 is 2.00 bits per heavy atom. The van der Waals surface area contributed by atoms with Crippen LogP contribution in [-0.2, 0) is 4.84 Å². The maximum atomic E-state index is 11.3. The summed E-state index contributed by atoms with van der Waals surface area (Å²) >= 11 is 0. The van der Waals surface area contributed by atoms with Gasteiger partial charge in [-0.25, -0.2) is 0 Å². The fraction of sp³-hybridized carbons (Fsp3) is 0.417. The molecule has 0 saturated heterocycles. The molecule has 0 amide bonds. The van der Waals surface area contributed by atoms with Gasteiger partial charge >= 0.3 is 0 Å². The third-order valence-electron chi connectivity index (χ3n) is 2.58. The second kappa shape index (κ2) is 3.57. The molecule has 0 radical (unpaired) electrons. The molecule has 80 valence electrons. The zero-order valence-electron chi connectivity index (χ0n) is 9.01. The largest absolute Gasteiger partial charge is 0.397 e. The van der Waals surface area contributed by atoms with Gasteiger partial charge in [-0.15, -0.1) is 0 Å². The first-order valence-corrected chi connectivity index (χ1v) is 5.12. The molecule has 3 heteroatoms. The number of rotatable bonds is 1. The minimum atomic E-state index is -0.392. The van der Waals surface area contributed by atoms with Crippen LogP contribution in [0.3, 0.4) is 0 Å². The molecule has 1 aliphatic heterocycles. The normalized spacial score (nSPS) is 24.1. The first kappa shape index (κ1) is 10.0. The minimum absolute atomic E-state index is 0.146. The van der Waals surface area contributed by atoms with Gasteiger partial charge in [-0.3, -0.25) is 5.21 Å². The summed E-state index contributed by atoms with van der Waals surface area (Å²) in [5.41, 5.74) is 0.770. The number of benzene rings is 1. The SMILES string of the molecule is CC1(C)CC(c2ccccc2)C=[N+]([O-])O1. The molecule has 0 aliphatic carbocycles. The quantitative estimate of drug-likeness (QED) is 0.660. The van der Waals surface area contributed by atoms with E-state index < -0.39 is 5.60 Å². The lowest BCUT2D eigenvalue weighted by Gasteiger charge is -2.33. The molecule has 0 saturated carbocycles. The molecule has 1 atom stereocenters. The van der Waals surface area contributed by atoms with Crippen molar-refractivity contribution in [2.24, 2.45) is 0 Å². The van der Waals surface area contributed by atoms with Crippen LogP contribution in [0.4, 0.5) is 0 Å². The molecule has 1 aromatic carbocycles. The third-order valence-corrected chi connectivity index (χ3v) is 2.58. The molecular weight excluding hydrogens is 190 g/mol. The van der Waals surface area contributed by atoms with Crippen LogP contribution in [0.5, 0.6) is 0 Å². The summed E-state index contributed by atoms with van der Waals surface area (Å²) in [5, 5.41) is 11.3. The molecule has 1 heterocycles. The maximum Gasteiger partial charge on any atom is 0.217 e. The number of hydrogen-bond donors (Lipinski definition) is 0. The van der Waals surface area contributed by atoms with Crippen LogP contribution in [0.2, 0.25) is 0 Å². The molecule has 0 aromatic heterocycles. The van der Waals surface area contributed by atoms with E-state index in [-0.39, 0.29) is 5.92 Å². The monoisotopic (exact) mass is 205 g/mol. The summed E-state index contributed by atoms with van der Waals surface area (Å²) in [6, 6.07) is 10.0. The minimum Gasteiger partial charge on any atom is -0.397 e. The van der Waals surface area contributed by atoms with Crippen molar-refractivity contribution in [2.45, 2.75) is 31.8 Å². The summed E-state index contributed by atoms with van der Waals surface area (Å²) in [6.45, 7) is 3.86. The topological polar surface area (TPSA) is 35.3 Å². The van der Waals surface area contributed by atoms with Gasteiger partial charge in [0.15, 0.2) is 0 Å². The highest BCUT2D eigenvalue weighted by Gasteiger charge is 2.30. The van der Waals surface area contributed by atoms with Crippen molar-refractivity contribution >= 4 is 6.21 Å². The first-order chi connectivity index (χ1) is 7.07.